The first-order valence-electron chi connectivity index (χ1n) is 5.86. The molecule has 0 saturated heterocycles. The summed E-state index contributed by atoms with van der Waals surface area (Å²) in [5.74, 6) is -0.0106. The fourth-order valence-electron chi connectivity index (χ4n) is 1.76. The molecular formula is C16H14O3. The molecule has 0 aromatic heterocycles. The number of methoxy groups -OCH3 is 1. The lowest BCUT2D eigenvalue weighted by atomic mass is 10.1. The number of rotatable bonds is 4. The maximum Gasteiger partial charge on any atom is 0.193 e. The van der Waals surface area contributed by atoms with E-state index in [4.69, 9.17) is 4.74 Å². The number of ether oxygens (including phenoxy) is 1. The summed E-state index contributed by atoms with van der Waals surface area (Å²) in [7, 11) is 1.46. The summed E-state index contributed by atoms with van der Waals surface area (Å²) < 4.78 is 5.08. The van der Waals surface area contributed by atoms with Gasteiger partial charge in [0, 0.05) is 0 Å². The van der Waals surface area contributed by atoms with E-state index in [0.717, 1.165) is 5.56 Å². The molecule has 0 fully saturated rings. The number of phenols is 1. The third-order valence-electron chi connectivity index (χ3n) is 2.70. The van der Waals surface area contributed by atoms with Crippen LogP contribution in [0.15, 0.2) is 54.6 Å². The molecule has 0 radical (unpaired) electrons. The first-order valence-corrected chi connectivity index (χ1v) is 5.86. The molecule has 0 atom stereocenters. The standard InChI is InChI=1S/C16H14O3/c1-19-15-9-5-8-13(17)16(15)14(18)11-10-12-6-3-2-4-7-12/h2-11,17H,1H3/b11-10+. The molecule has 0 aliphatic heterocycles. The van der Waals surface area contributed by atoms with E-state index in [-0.39, 0.29) is 17.1 Å². The Morgan fingerprint density at radius 2 is 1.84 bits per heavy atom. The van der Waals surface area contributed by atoms with E-state index < -0.39 is 0 Å². The van der Waals surface area contributed by atoms with Crippen LogP contribution in [0.4, 0.5) is 0 Å². The average molecular weight is 254 g/mol. The van der Waals surface area contributed by atoms with E-state index in [1.165, 1.54) is 19.3 Å². The van der Waals surface area contributed by atoms with Gasteiger partial charge < -0.3 is 9.84 Å². The van der Waals surface area contributed by atoms with Crippen molar-refractivity contribution in [3.05, 3.63) is 65.7 Å². The largest absolute Gasteiger partial charge is 0.507 e. The lowest BCUT2D eigenvalue weighted by Gasteiger charge is -2.07. The van der Waals surface area contributed by atoms with Crippen molar-refractivity contribution in [1.82, 2.24) is 0 Å². The van der Waals surface area contributed by atoms with Gasteiger partial charge in [-0.2, -0.15) is 0 Å². The van der Waals surface area contributed by atoms with Gasteiger partial charge in [-0.1, -0.05) is 42.5 Å². The molecule has 0 aliphatic rings. The van der Waals surface area contributed by atoms with Crippen molar-refractivity contribution in [2.75, 3.05) is 7.11 Å². The predicted molar refractivity (Wildman–Crippen MR) is 74.5 cm³/mol. The average Bonchev–Trinajstić information content (AvgIpc) is 2.45. The number of phenolic OH excluding ortho intramolecular Hbond substituents is 1. The second-order valence-corrected chi connectivity index (χ2v) is 3.96. The summed E-state index contributed by atoms with van der Waals surface area (Å²) >= 11 is 0. The maximum absolute atomic E-state index is 12.1. The Bertz CT molecular complexity index is 601. The van der Waals surface area contributed by atoms with Crippen LogP contribution in [0.1, 0.15) is 15.9 Å². The third kappa shape index (κ3) is 3.01. The SMILES string of the molecule is COc1cccc(O)c1C(=O)/C=C/c1ccccc1. The molecule has 3 heteroatoms. The second-order valence-electron chi connectivity index (χ2n) is 3.96. The highest BCUT2D eigenvalue weighted by atomic mass is 16.5. The van der Waals surface area contributed by atoms with Crippen LogP contribution in [-0.2, 0) is 0 Å². The molecule has 0 aliphatic carbocycles. The predicted octanol–water partition coefficient (Wildman–Crippen LogP) is 3.30. The monoisotopic (exact) mass is 254 g/mol. The molecule has 0 heterocycles. The maximum atomic E-state index is 12.1. The molecule has 2 rings (SSSR count). The second kappa shape index (κ2) is 5.87. The number of hydrogen-bond acceptors (Lipinski definition) is 3. The number of hydrogen-bond donors (Lipinski definition) is 1. The number of allylic oxidation sites excluding steroid dienone is 1. The van der Waals surface area contributed by atoms with Crippen molar-refractivity contribution in [3.63, 3.8) is 0 Å². The lowest BCUT2D eigenvalue weighted by Crippen LogP contribution is -1.99. The molecular weight excluding hydrogens is 240 g/mol. The van der Waals surface area contributed by atoms with Crippen LogP contribution in [0.5, 0.6) is 11.5 Å². The van der Waals surface area contributed by atoms with Gasteiger partial charge in [-0.3, -0.25) is 4.79 Å². The van der Waals surface area contributed by atoms with Crippen LogP contribution in [0, 0.1) is 0 Å². The Morgan fingerprint density at radius 1 is 1.11 bits per heavy atom. The van der Waals surface area contributed by atoms with E-state index >= 15 is 0 Å². The first kappa shape index (κ1) is 12.9. The van der Waals surface area contributed by atoms with Gasteiger partial charge >= 0.3 is 0 Å². The van der Waals surface area contributed by atoms with Crippen molar-refractivity contribution in [2.24, 2.45) is 0 Å². The van der Waals surface area contributed by atoms with Crippen molar-refractivity contribution in [2.45, 2.75) is 0 Å². The summed E-state index contributed by atoms with van der Waals surface area (Å²) in [6, 6.07) is 14.2. The molecule has 96 valence electrons. The highest BCUT2D eigenvalue weighted by Gasteiger charge is 2.14. The molecule has 1 N–H and O–H groups in total. The Morgan fingerprint density at radius 3 is 2.53 bits per heavy atom. The van der Waals surface area contributed by atoms with Gasteiger partial charge in [0.1, 0.15) is 17.1 Å². The minimum Gasteiger partial charge on any atom is -0.507 e. The Kier molecular flexibility index (Phi) is 3.98. The van der Waals surface area contributed by atoms with Crippen LogP contribution in [0.3, 0.4) is 0 Å². The Labute approximate surface area is 111 Å². The van der Waals surface area contributed by atoms with E-state index in [1.807, 2.05) is 30.3 Å². The molecule has 19 heavy (non-hydrogen) atoms. The van der Waals surface area contributed by atoms with Gasteiger partial charge in [-0.05, 0) is 23.8 Å². The topological polar surface area (TPSA) is 46.5 Å². The summed E-state index contributed by atoms with van der Waals surface area (Å²) in [5, 5.41) is 9.76. The van der Waals surface area contributed by atoms with Crippen LogP contribution < -0.4 is 4.74 Å². The van der Waals surface area contributed by atoms with Crippen LogP contribution in [-0.4, -0.2) is 18.0 Å². The van der Waals surface area contributed by atoms with E-state index in [2.05, 4.69) is 0 Å². The lowest BCUT2D eigenvalue weighted by molar-refractivity contribution is 0.104. The number of ketones is 1. The quantitative estimate of drug-likeness (QED) is 0.672. The molecule has 3 nitrogen and oxygen atoms in total. The Hall–Kier alpha value is -2.55. The molecule has 0 saturated carbocycles. The zero-order chi connectivity index (χ0) is 13.7. The van der Waals surface area contributed by atoms with Crippen molar-refractivity contribution in [1.29, 1.82) is 0 Å². The fraction of sp³-hybridized carbons (Fsp3) is 0.0625. The summed E-state index contributed by atoms with van der Waals surface area (Å²) in [6.07, 6.45) is 3.13. The van der Waals surface area contributed by atoms with E-state index in [0.29, 0.717) is 5.75 Å². The highest BCUT2D eigenvalue weighted by Crippen LogP contribution is 2.28. The summed E-state index contributed by atoms with van der Waals surface area (Å²) in [5.41, 5.74) is 1.10. The number of carbonyl (C=O) groups excluding carboxylic acids is 1. The molecule has 0 amide bonds. The molecule has 2 aromatic carbocycles. The first-order chi connectivity index (χ1) is 9.22. The minimum atomic E-state index is -0.293. The van der Waals surface area contributed by atoms with Crippen molar-refractivity contribution < 1.29 is 14.6 Å². The van der Waals surface area contributed by atoms with Crippen molar-refractivity contribution >= 4 is 11.9 Å². The Balaban J connectivity index is 2.28. The number of benzene rings is 2. The van der Waals surface area contributed by atoms with Crippen LogP contribution in [0.25, 0.3) is 6.08 Å². The van der Waals surface area contributed by atoms with Crippen LogP contribution in [0.2, 0.25) is 0 Å². The van der Waals surface area contributed by atoms with Crippen LogP contribution >= 0.6 is 0 Å². The molecule has 0 spiro atoms. The van der Waals surface area contributed by atoms with E-state index in [1.54, 1.807) is 18.2 Å². The molecule has 0 unspecified atom stereocenters. The van der Waals surface area contributed by atoms with Gasteiger partial charge in [0.25, 0.3) is 0 Å². The highest BCUT2D eigenvalue weighted by molar-refractivity contribution is 6.10. The summed E-state index contributed by atoms with van der Waals surface area (Å²) in [6.45, 7) is 0. The van der Waals surface area contributed by atoms with Crippen molar-refractivity contribution in [3.8, 4) is 11.5 Å². The van der Waals surface area contributed by atoms with E-state index in [9.17, 15) is 9.90 Å². The zero-order valence-corrected chi connectivity index (χ0v) is 10.5. The smallest absolute Gasteiger partial charge is 0.193 e. The third-order valence-corrected chi connectivity index (χ3v) is 2.70. The van der Waals surface area contributed by atoms with Gasteiger partial charge in [0.05, 0.1) is 7.11 Å². The van der Waals surface area contributed by atoms with Gasteiger partial charge in [-0.25, -0.2) is 0 Å². The van der Waals surface area contributed by atoms with Gasteiger partial charge in [0.15, 0.2) is 5.78 Å². The molecule has 2 aromatic rings. The van der Waals surface area contributed by atoms with Gasteiger partial charge in [0.2, 0.25) is 0 Å². The number of aromatic hydroxyl groups is 1. The normalized spacial score (nSPS) is 10.6. The minimum absolute atomic E-state index is 0.0814. The summed E-state index contributed by atoms with van der Waals surface area (Å²) in [4.78, 5) is 12.1. The zero-order valence-electron chi connectivity index (χ0n) is 10.5. The number of carbonyl (C=O) groups is 1. The fourth-order valence-corrected chi connectivity index (χ4v) is 1.76. The molecule has 0 bridgehead atoms. The van der Waals surface area contributed by atoms with Gasteiger partial charge in [-0.15, -0.1) is 0 Å².